The van der Waals surface area contributed by atoms with Crippen molar-refractivity contribution in [3.8, 4) is 0 Å². The summed E-state index contributed by atoms with van der Waals surface area (Å²) in [6.07, 6.45) is 1.88. The van der Waals surface area contributed by atoms with Crippen LogP contribution in [-0.4, -0.2) is 19.1 Å². The Labute approximate surface area is 87.9 Å². The Kier molecular flexibility index (Phi) is 4.10. The molecule has 1 rings (SSSR count). The van der Waals surface area contributed by atoms with Gasteiger partial charge in [0.25, 0.3) is 0 Å². The summed E-state index contributed by atoms with van der Waals surface area (Å²) in [5.74, 6) is -0.270. The molecule has 0 spiro atoms. The Bertz CT molecular complexity index is 307. The topological polar surface area (TPSA) is 52.3 Å². The largest absolute Gasteiger partial charge is 0.465 e. The van der Waals surface area contributed by atoms with Gasteiger partial charge in [-0.25, -0.2) is 4.79 Å². The van der Waals surface area contributed by atoms with Gasteiger partial charge in [0.1, 0.15) is 0 Å². The summed E-state index contributed by atoms with van der Waals surface area (Å²) in [5, 5.41) is 1.82. The van der Waals surface area contributed by atoms with Crippen molar-refractivity contribution in [2.45, 2.75) is 25.8 Å². The summed E-state index contributed by atoms with van der Waals surface area (Å²) in [6.45, 7) is 1.98. The second-order valence-corrected chi connectivity index (χ2v) is 4.31. The van der Waals surface area contributed by atoms with Crippen LogP contribution in [-0.2, 0) is 11.2 Å². The van der Waals surface area contributed by atoms with Gasteiger partial charge in [-0.15, -0.1) is 11.3 Å². The van der Waals surface area contributed by atoms with E-state index >= 15 is 0 Å². The molecular formula is C10H15NO2S. The van der Waals surface area contributed by atoms with Crippen molar-refractivity contribution in [3.63, 3.8) is 0 Å². The lowest BCUT2D eigenvalue weighted by Gasteiger charge is -2.01. The third-order valence-corrected chi connectivity index (χ3v) is 2.92. The van der Waals surface area contributed by atoms with Crippen LogP contribution in [0.15, 0.2) is 11.4 Å². The highest BCUT2D eigenvalue weighted by atomic mass is 32.1. The highest BCUT2D eigenvalue weighted by molar-refractivity contribution is 7.10. The average Bonchev–Trinajstić information content (AvgIpc) is 2.62. The van der Waals surface area contributed by atoms with Gasteiger partial charge in [-0.1, -0.05) is 0 Å². The Morgan fingerprint density at radius 2 is 2.43 bits per heavy atom. The number of hydrogen-bond acceptors (Lipinski definition) is 4. The van der Waals surface area contributed by atoms with Gasteiger partial charge >= 0.3 is 5.97 Å². The number of methoxy groups -OCH3 is 1. The maximum Gasteiger partial charge on any atom is 0.338 e. The Balaban J connectivity index is 2.55. The van der Waals surface area contributed by atoms with E-state index in [1.54, 1.807) is 11.3 Å². The second kappa shape index (κ2) is 5.12. The molecule has 0 fully saturated rings. The molecule has 3 nitrogen and oxygen atoms in total. The highest BCUT2D eigenvalue weighted by Crippen LogP contribution is 2.17. The minimum atomic E-state index is -0.270. The van der Waals surface area contributed by atoms with Crippen molar-refractivity contribution >= 4 is 17.3 Å². The van der Waals surface area contributed by atoms with Crippen molar-refractivity contribution < 1.29 is 9.53 Å². The van der Waals surface area contributed by atoms with Crippen LogP contribution in [0.1, 0.15) is 28.6 Å². The number of nitrogens with two attached hydrogens (primary N) is 1. The molecule has 0 aliphatic carbocycles. The van der Waals surface area contributed by atoms with Gasteiger partial charge in [-0.3, -0.25) is 0 Å². The molecule has 1 aromatic heterocycles. The number of thiophene rings is 1. The fourth-order valence-corrected chi connectivity index (χ4v) is 1.98. The van der Waals surface area contributed by atoms with Gasteiger partial charge in [-0.05, 0) is 25.8 Å². The first-order valence-electron chi connectivity index (χ1n) is 4.54. The molecule has 0 aromatic carbocycles. The predicted octanol–water partition coefficient (Wildman–Crippen LogP) is 1.81. The van der Waals surface area contributed by atoms with Gasteiger partial charge < -0.3 is 10.5 Å². The van der Waals surface area contributed by atoms with E-state index in [-0.39, 0.29) is 12.0 Å². The van der Waals surface area contributed by atoms with E-state index < -0.39 is 0 Å². The van der Waals surface area contributed by atoms with E-state index in [0.29, 0.717) is 5.56 Å². The summed E-state index contributed by atoms with van der Waals surface area (Å²) in [5.41, 5.74) is 6.28. The molecule has 2 N–H and O–H groups in total. The summed E-state index contributed by atoms with van der Waals surface area (Å²) >= 11 is 1.58. The Hall–Kier alpha value is -0.870. The molecule has 0 bridgehead atoms. The molecule has 1 atom stereocenters. The van der Waals surface area contributed by atoms with Crippen LogP contribution in [0.25, 0.3) is 0 Å². The van der Waals surface area contributed by atoms with Crippen molar-refractivity contribution in [1.82, 2.24) is 0 Å². The lowest BCUT2D eigenvalue weighted by Crippen LogP contribution is -2.15. The first kappa shape index (κ1) is 11.2. The van der Waals surface area contributed by atoms with E-state index in [2.05, 4.69) is 4.74 Å². The van der Waals surface area contributed by atoms with Crippen molar-refractivity contribution in [2.75, 3.05) is 7.11 Å². The molecule has 1 aromatic rings. The lowest BCUT2D eigenvalue weighted by molar-refractivity contribution is 0.0601. The fourth-order valence-electron chi connectivity index (χ4n) is 1.11. The first-order chi connectivity index (χ1) is 6.63. The number of rotatable bonds is 4. The molecule has 0 aliphatic rings. The van der Waals surface area contributed by atoms with Crippen LogP contribution in [0.4, 0.5) is 0 Å². The molecule has 78 valence electrons. The molecule has 1 heterocycles. The minimum absolute atomic E-state index is 0.207. The van der Waals surface area contributed by atoms with Gasteiger partial charge in [-0.2, -0.15) is 0 Å². The van der Waals surface area contributed by atoms with Gasteiger partial charge in [0.2, 0.25) is 0 Å². The molecule has 0 amide bonds. The third kappa shape index (κ3) is 3.12. The van der Waals surface area contributed by atoms with Crippen LogP contribution in [0.2, 0.25) is 0 Å². The number of ether oxygens (including phenoxy) is 1. The van der Waals surface area contributed by atoms with Crippen LogP contribution < -0.4 is 5.73 Å². The Morgan fingerprint density at radius 3 is 3.00 bits per heavy atom. The SMILES string of the molecule is COC(=O)c1csc(CC[C@@H](C)N)c1. The number of esters is 1. The maximum absolute atomic E-state index is 11.1. The molecule has 0 unspecified atom stereocenters. The van der Waals surface area contributed by atoms with Gasteiger partial charge in [0.15, 0.2) is 0 Å². The fraction of sp³-hybridized carbons (Fsp3) is 0.500. The van der Waals surface area contributed by atoms with Crippen LogP contribution in [0, 0.1) is 0 Å². The Morgan fingerprint density at radius 1 is 1.71 bits per heavy atom. The second-order valence-electron chi connectivity index (χ2n) is 3.31. The van der Waals surface area contributed by atoms with E-state index in [1.165, 1.54) is 12.0 Å². The van der Waals surface area contributed by atoms with E-state index in [9.17, 15) is 4.79 Å². The molecule has 0 saturated carbocycles. The monoisotopic (exact) mass is 213 g/mol. The van der Waals surface area contributed by atoms with Crippen LogP contribution >= 0.6 is 11.3 Å². The summed E-state index contributed by atoms with van der Waals surface area (Å²) in [6, 6.07) is 2.08. The predicted molar refractivity (Wildman–Crippen MR) is 57.6 cm³/mol. The van der Waals surface area contributed by atoms with Gasteiger partial charge in [0, 0.05) is 16.3 Å². The minimum Gasteiger partial charge on any atom is -0.465 e. The zero-order valence-electron chi connectivity index (χ0n) is 8.45. The van der Waals surface area contributed by atoms with E-state index in [1.807, 2.05) is 18.4 Å². The molecule has 4 heteroatoms. The normalized spacial score (nSPS) is 12.5. The zero-order chi connectivity index (χ0) is 10.6. The first-order valence-corrected chi connectivity index (χ1v) is 5.42. The molecular weight excluding hydrogens is 198 g/mol. The standard InChI is InChI=1S/C10H15NO2S/c1-7(11)3-4-9-5-8(6-14-9)10(12)13-2/h5-7H,3-4,11H2,1-2H3/t7-/m1/s1. The van der Waals surface area contributed by atoms with Crippen LogP contribution in [0.3, 0.4) is 0 Å². The summed E-state index contributed by atoms with van der Waals surface area (Å²) in [4.78, 5) is 12.3. The number of carbonyl (C=O) groups excluding carboxylic acids is 1. The van der Waals surface area contributed by atoms with E-state index in [4.69, 9.17) is 5.73 Å². The quantitative estimate of drug-likeness (QED) is 0.776. The van der Waals surface area contributed by atoms with Crippen molar-refractivity contribution in [3.05, 3.63) is 21.9 Å². The summed E-state index contributed by atoms with van der Waals surface area (Å²) < 4.78 is 4.62. The van der Waals surface area contributed by atoms with Gasteiger partial charge in [0.05, 0.1) is 12.7 Å². The molecule has 0 radical (unpaired) electrons. The maximum atomic E-state index is 11.1. The highest BCUT2D eigenvalue weighted by Gasteiger charge is 2.08. The van der Waals surface area contributed by atoms with Crippen LogP contribution in [0.5, 0.6) is 0 Å². The molecule has 0 aliphatic heterocycles. The van der Waals surface area contributed by atoms with E-state index in [0.717, 1.165) is 12.8 Å². The number of hydrogen-bond donors (Lipinski definition) is 1. The zero-order valence-corrected chi connectivity index (χ0v) is 9.26. The summed E-state index contributed by atoms with van der Waals surface area (Å²) in [7, 11) is 1.39. The smallest absolute Gasteiger partial charge is 0.338 e. The van der Waals surface area contributed by atoms with Crippen molar-refractivity contribution in [1.29, 1.82) is 0 Å². The average molecular weight is 213 g/mol. The number of carbonyl (C=O) groups is 1. The third-order valence-electron chi connectivity index (χ3n) is 1.92. The van der Waals surface area contributed by atoms with Crippen molar-refractivity contribution in [2.24, 2.45) is 5.73 Å². The molecule has 0 saturated heterocycles. The number of aryl methyl sites for hydroxylation is 1. The molecule has 14 heavy (non-hydrogen) atoms. The lowest BCUT2D eigenvalue weighted by atomic mass is 10.1.